The largest absolute Gasteiger partial charge is 0.379 e. The fourth-order valence-electron chi connectivity index (χ4n) is 3.29. The molecule has 0 aliphatic carbocycles. The van der Waals surface area contributed by atoms with Crippen LogP contribution in [-0.4, -0.2) is 63.5 Å². The summed E-state index contributed by atoms with van der Waals surface area (Å²) in [6, 6.07) is 8.72. The van der Waals surface area contributed by atoms with E-state index in [0.29, 0.717) is 6.54 Å². The van der Waals surface area contributed by atoms with E-state index in [9.17, 15) is 0 Å². The third kappa shape index (κ3) is 9.63. The van der Waals surface area contributed by atoms with Crippen LogP contribution in [0.2, 0.25) is 0 Å². The second-order valence-electron chi connectivity index (χ2n) is 8.37. The number of benzene rings is 1. The van der Waals surface area contributed by atoms with Crippen LogP contribution >= 0.6 is 24.0 Å². The van der Waals surface area contributed by atoms with E-state index in [2.05, 4.69) is 67.5 Å². The van der Waals surface area contributed by atoms with Crippen molar-refractivity contribution in [3.8, 4) is 0 Å². The molecule has 0 aromatic heterocycles. The van der Waals surface area contributed by atoms with Crippen molar-refractivity contribution in [2.75, 3.05) is 46.5 Å². The Kier molecular flexibility index (Phi) is 12.1. The summed E-state index contributed by atoms with van der Waals surface area (Å²) >= 11 is 0. The monoisotopic (exact) mass is 518 g/mol. The average molecular weight is 518 g/mol. The van der Waals surface area contributed by atoms with Crippen molar-refractivity contribution in [3.63, 3.8) is 0 Å². The second-order valence-corrected chi connectivity index (χ2v) is 8.37. The molecule has 1 saturated heterocycles. The Balaban J connectivity index is 0.00000420. The molecule has 1 unspecified atom stereocenters. The summed E-state index contributed by atoms with van der Waals surface area (Å²) in [7, 11) is 1.77. The Bertz CT molecular complexity index is 613. The average Bonchev–Trinajstić information content (AvgIpc) is 2.66. The van der Waals surface area contributed by atoms with Gasteiger partial charge in [-0.15, -0.1) is 24.0 Å². The van der Waals surface area contributed by atoms with Gasteiger partial charge in [0.15, 0.2) is 5.96 Å². The molecule has 1 heterocycles. The molecular weight excluding hydrogens is 479 g/mol. The van der Waals surface area contributed by atoms with Crippen molar-refractivity contribution in [2.45, 2.75) is 46.9 Å². The first kappa shape index (κ1) is 26.1. The molecule has 1 aromatic carbocycles. The number of hydrogen-bond acceptors (Lipinski definition) is 4. The number of halogens is 1. The summed E-state index contributed by atoms with van der Waals surface area (Å²) in [6.07, 6.45) is 0.119. The summed E-state index contributed by atoms with van der Waals surface area (Å²) in [5.41, 5.74) is 2.63. The Hall–Kier alpha value is -0.900. The lowest BCUT2D eigenvalue weighted by molar-refractivity contribution is 0.0205. The Morgan fingerprint density at radius 3 is 2.52 bits per heavy atom. The summed E-state index contributed by atoms with van der Waals surface area (Å²) in [4.78, 5) is 7.20. The highest BCUT2D eigenvalue weighted by atomic mass is 127. The SMILES string of the molecule is CCNC(=NCc1cccc(CN2CCOCC2)c1)NCC(OC)C(C)(C)C.I. The number of hydrogen-bond donors (Lipinski definition) is 2. The summed E-state index contributed by atoms with van der Waals surface area (Å²) in [6.45, 7) is 15.5. The number of morpholine rings is 1. The molecule has 0 amide bonds. The lowest BCUT2D eigenvalue weighted by atomic mass is 9.89. The molecule has 1 aromatic rings. The number of aliphatic imine (C=N–C) groups is 1. The Morgan fingerprint density at radius 1 is 1.21 bits per heavy atom. The van der Waals surface area contributed by atoms with E-state index >= 15 is 0 Å². The van der Waals surface area contributed by atoms with Gasteiger partial charge in [0.05, 0.1) is 25.9 Å². The standard InChI is InChI=1S/C22H38N4O2.HI/c1-6-23-21(25-16-20(27-5)22(2,3)4)24-15-18-8-7-9-19(14-18)17-26-10-12-28-13-11-26;/h7-9,14,20H,6,10-13,15-17H2,1-5H3,(H2,23,24,25);1H. The van der Waals surface area contributed by atoms with Gasteiger partial charge in [0.1, 0.15) is 0 Å². The third-order valence-electron chi connectivity index (χ3n) is 4.97. The number of methoxy groups -OCH3 is 1. The minimum absolute atomic E-state index is 0. The van der Waals surface area contributed by atoms with Gasteiger partial charge in [0.25, 0.3) is 0 Å². The highest BCUT2D eigenvalue weighted by Crippen LogP contribution is 2.20. The topological polar surface area (TPSA) is 58.1 Å². The van der Waals surface area contributed by atoms with Crippen molar-refractivity contribution in [1.82, 2.24) is 15.5 Å². The molecule has 1 aliphatic heterocycles. The Morgan fingerprint density at radius 2 is 1.90 bits per heavy atom. The van der Waals surface area contributed by atoms with Crippen LogP contribution in [0.25, 0.3) is 0 Å². The molecule has 0 radical (unpaired) electrons. The lowest BCUT2D eigenvalue weighted by Crippen LogP contribution is -2.45. The third-order valence-corrected chi connectivity index (χ3v) is 4.97. The van der Waals surface area contributed by atoms with Crippen LogP contribution in [-0.2, 0) is 22.6 Å². The van der Waals surface area contributed by atoms with E-state index in [1.165, 1.54) is 11.1 Å². The first-order valence-corrected chi connectivity index (χ1v) is 10.3. The van der Waals surface area contributed by atoms with E-state index < -0.39 is 0 Å². The molecule has 1 fully saturated rings. The van der Waals surface area contributed by atoms with Crippen molar-refractivity contribution in [3.05, 3.63) is 35.4 Å². The van der Waals surface area contributed by atoms with Crippen LogP contribution in [0, 0.1) is 5.41 Å². The first-order chi connectivity index (χ1) is 13.4. The van der Waals surface area contributed by atoms with Gasteiger partial charge in [-0.25, -0.2) is 4.99 Å². The van der Waals surface area contributed by atoms with Crippen molar-refractivity contribution >= 4 is 29.9 Å². The number of guanidine groups is 1. The van der Waals surface area contributed by atoms with Gasteiger partial charge in [0, 0.05) is 39.8 Å². The van der Waals surface area contributed by atoms with Crippen molar-refractivity contribution < 1.29 is 9.47 Å². The number of ether oxygens (including phenoxy) is 2. The molecular formula is C22H39IN4O2. The zero-order valence-corrected chi connectivity index (χ0v) is 21.0. The molecule has 29 heavy (non-hydrogen) atoms. The summed E-state index contributed by atoms with van der Waals surface area (Å²) in [5.74, 6) is 0.826. The second kappa shape index (κ2) is 13.4. The first-order valence-electron chi connectivity index (χ1n) is 10.3. The van der Waals surface area contributed by atoms with Crippen molar-refractivity contribution in [1.29, 1.82) is 0 Å². The van der Waals surface area contributed by atoms with E-state index in [4.69, 9.17) is 14.5 Å². The fourth-order valence-corrected chi connectivity index (χ4v) is 3.29. The zero-order valence-electron chi connectivity index (χ0n) is 18.7. The quantitative estimate of drug-likeness (QED) is 0.315. The molecule has 1 atom stereocenters. The maximum Gasteiger partial charge on any atom is 0.191 e. The molecule has 166 valence electrons. The van der Waals surface area contributed by atoms with E-state index in [-0.39, 0.29) is 35.5 Å². The van der Waals surface area contributed by atoms with Crippen LogP contribution in [0.4, 0.5) is 0 Å². The van der Waals surface area contributed by atoms with Crippen LogP contribution < -0.4 is 10.6 Å². The summed E-state index contributed by atoms with van der Waals surface area (Å²) in [5, 5.41) is 6.75. The molecule has 1 aliphatic rings. The lowest BCUT2D eigenvalue weighted by Gasteiger charge is -2.30. The smallest absolute Gasteiger partial charge is 0.191 e. The molecule has 0 spiro atoms. The molecule has 2 rings (SSSR count). The minimum atomic E-state index is 0. The molecule has 0 saturated carbocycles. The molecule has 0 bridgehead atoms. The molecule has 2 N–H and O–H groups in total. The van der Waals surface area contributed by atoms with Crippen LogP contribution in [0.15, 0.2) is 29.3 Å². The Labute approximate surface area is 193 Å². The van der Waals surface area contributed by atoms with Gasteiger partial charge >= 0.3 is 0 Å². The van der Waals surface area contributed by atoms with Crippen LogP contribution in [0.1, 0.15) is 38.8 Å². The predicted molar refractivity (Wildman–Crippen MR) is 131 cm³/mol. The van der Waals surface area contributed by atoms with E-state index in [0.717, 1.165) is 51.9 Å². The highest BCUT2D eigenvalue weighted by Gasteiger charge is 2.24. The van der Waals surface area contributed by atoms with E-state index in [1.807, 2.05) is 0 Å². The van der Waals surface area contributed by atoms with Gasteiger partial charge in [-0.2, -0.15) is 0 Å². The summed E-state index contributed by atoms with van der Waals surface area (Å²) < 4.78 is 11.1. The van der Waals surface area contributed by atoms with Gasteiger partial charge in [0.2, 0.25) is 0 Å². The van der Waals surface area contributed by atoms with Gasteiger partial charge in [-0.3, -0.25) is 4.90 Å². The van der Waals surface area contributed by atoms with E-state index in [1.54, 1.807) is 7.11 Å². The van der Waals surface area contributed by atoms with Crippen LogP contribution in [0.3, 0.4) is 0 Å². The fraction of sp³-hybridized carbons (Fsp3) is 0.682. The number of nitrogens with zero attached hydrogens (tertiary/aromatic N) is 2. The number of nitrogens with one attached hydrogen (secondary N) is 2. The van der Waals surface area contributed by atoms with Gasteiger partial charge in [-0.05, 0) is 23.5 Å². The maximum absolute atomic E-state index is 5.64. The molecule has 7 heteroatoms. The van der Waals surface area contributed by atoms with Crippen molar-refractivity contribution in [2.24, 2.45) is 10.4 Å². The maximum atomic E-state index is 5.64. The predicted octanol–water partition coefficient (Wildman–Crippen LogP) is 3.25. The minimum Gasteiger partial charge on any atom is -0.379 e. The number of rotatable bonds is 8. The highest BCUT2D eigenvalue weighted by molar-refractivity contribution is 14.0. The van der Waals surface area contributed by atoms with Crippen LogP contribution in [0.5, 0.6) is 0 Å². The van der Waals surface area contributed by atoms with Gasteiger partial charge < -0.3 is 20.1 Å². The van der Waals surface area contributed by atoms with Gasteiger partial charge in [-0.1, -0.05) is 45.0 Å². The zero-order chi connectivity index (χ0) is 20.4. The molecule has 6 nitrogen and oxygen atoms in total. The normalized spacial score (nSPS) is 16.8.